The van der Waals surface area contributed by atoms with E-state index < -0.39 is 34.8 Å². The summed E-state index contributed by atoms with van der Waals surface area (Å²) in [6.45, 7) is 28.4. The van der Waals surface area contributed by atoms with Crippen molar-refractivity contribution in [3.63, 3.8) is 0 Å². The normalized spacial score (nSPS) is 13.2. The first-order valence-corrected chi connectivity index (χ1v) is 21.4. The van der Waals surface area contributed by atoms with Crippen molar-refractivity contribution in [1.82, 2.24) is 4.98 Å². The minimum Gasteiger partial charge on any atom is -0.244 e. The maximum atomic E-state index is 12.2. The molecule has 0 radical (unpaired) electrons. The molecule has 0 fully saturated rings. The molecular weight excluding hydrogens is 671 g/mol. The fraction of sp³-hybridized carbons (Fsp3) is 0.583. The Kier molecular flexibility index (Phi) is 14.3. The van der Waals surface area contributed by atoms with Crippen LogP contribution in [-0.4, -0.2) is 46.0 Å². The van der Waals surface area contributed by atoms with E-state index in [0.29, 0.717) is 9.10 Å². The number of aromatic nitrogens is 1. The number of hydrogen-bond acceptors (Lipinski definition) is 8. The summed E-state index contributed by atoms with van der Waals surface area (Å²) in [6, 6.07) is 12.8. The van der Waals surface area contributed by atoms with Crippen LogP contribution in [0.3, 0.4) is 0 Å². The highest BCUT2D eigenvalue weighted by atomic mass is 32.2. The Hall–Kier alpha value is -2.08. The van der Waals surface area contributed by atoms with Gasteiger partial charge in [-0.25, -0.2) is 30.2 Å². The van der Waals surface area contributed by atoms with E-state index in [2.05, 4.69) is 4.98 Å². The van der Waals surface area contributed by atoms with Gasteiger partial charge in [0.15, 0.2) is 34.5 Å². The molecule has 0 N–H and O–H groups in total. The average molecular weight is 728 g/mol. The first-order chi connectivity index (χ1) is 21.0. The van der Waals surface area contributed by atoms with E-state index in [1.54, 1.807) is 59.7 Å². The number of benzene rings is 1. The quantitative estimate of drug-likeness (QED) is 0.249. The molecule has 3 rings (SSSR count). The summed E-state index contributed by atoms with van der Waals surface area (Å²) in [5.41, 5.74) is 2.12. The zero-order chi connectivity index (χ0) is 37.0. The first-order valence-electron chi connectivity index (χ1n) is 15.9. The number of sulfone groups is 3. The molecule has 0 saturated carbocycles. The standard InChI is InChI=1S/C13H20O2S.C12H19NO2S.C11H18O2S2/c1-10(2)16(14,15)12-9-7-6-8-11(12)13(3,4)5;1-9(2)16(14,15)11-10(12(3,4)5)7-6-8-13-11;1-8(2)15(12,13)10-9(6-7-14-10)11(3,4)5/h6-10H,1-5H3;6-9H,1-5H3;6-8H,1-5H3. The van der Waals surface area contributed by atoms with Gasteiger partial charge in [-0.2, -0.15) is 0 Å². The van der Waals surface area contributed by atoms with Gasteiger partial charge in [0.25, 0.3) is 0 Å². The minimum atomic E-state index is -3.30. The summed E-state index contributed by atoms with van der Waals surface area (Å²) in [5, 5.41) is 0.907. The first kappa shape index (κ1) is 42.9. The van der Waals surface area contributed by atoms with Gasteiger partial charge in [-0.05, 0) is 98.1 Å². The van der Waals surface area contributed by atoms with Crippen LogP contribution in [0.4, 0.5) is 0 Å². The molecule has 7 nitrogen and oxygen atoms in total. The molecule has 266 valence electrons. The Morgan fingerprint density at radius 1 is 0.532 bits per heavy atom. The average Bonchev–Trinajstić information content (AvgIpc) is 3.45. The summed E-state index contributed by atoms with van der Waals surface area (Å²) in [7, 11) is -9.62. The van der Waals surface area contributed by atoms with Gasteiger partial charge in [-0.1, -0.05) is 86.6 Å². The molecule has 0 atom stereocenters. The summed E-state index contributed by atoms with van der Waals surface area (Å²) in [5.74, 6) is 0. The number of pyridine rings is 1. The molecule has 11 heteroatoms. The third kappa shape index (κ3) is 11.0. The summed E-state index contributed by atoms with van der Waals surface area (Å²) < 4.78 is 73.3. The van der Waals surface area contributed by atoms with Crippen molar-refractivity contribution < 1.29 is 25.3 Å². The second-order valence-electron chi connectivity index (χ2n) is 15.5. The minimum absolute atomic E-state index is 0.114. The van der Waals surface area contributed by atoms with Gasteiger partial charge in [-0.3, -0.25) is 0 Å². The summed E-state index contributed by atoms with van der Waals surface area (Å²) >= 11 is 1.32. The lowest BCUT2D eigenvalue weighted by Gasteiger charge is -2.23. The number of rotatable bonds is 6. The van der Waals surface area contributed by atoms with Gasteiger partial charge in [0, 0.05) is 6.20 Å². The van der Waals surface area contributed by atoms with Crippen molar-refractivity contribution in [3.8, 4) is 0 Å². The zero-order valence-corrected chi connectivity index (χ0v) is 34.2. The third-order valence-electron chi connectivity index (χ3n) is 7.41. The molecule has 0 unspecified atom stereocenters. The van der Waals surface area contributed by atoms with E-state index in [9.17, 15) is 25.3 Å². The van der Waals surface area contributed by atoms with Crippen LogP contribution in [0.15, 0.2) is 68.2 Å². The highest BCUT2D eigenvalue weighted by Gasteiger charge is 2.30. The van der Waals surface area contributed by atoms with Crippen molar-refractivity contribution in [3.05, 3.63) is 70.7 Å². The van der Waals surface area contributed by atoms with Crippen LogP contribution in [0.25, 0.3) is 0 Å². The Balaban J connectivity index is 0.000000353. The van der Waals surface area contributed by atoms with E-state index in [1.165, 1.54) is 17.5 Å². The predicted molar refractivity (Wildman–Crippen MR) is 198 cm³/mol. The molecule has 0 amide bonds. The Morgan fingerprint density at radius 3 is 1.38 bits per heavy atom. The maximum absolute atomic E-state index is 12.2. The van der Waals surface area contributed by atoms with E-state index in [4.69, 9.17) is 0 Å². The van der Waals surface area contributed by atoms with E-state index in [-0.39, 0.29) is 31.8 Å². The van der Waals surface area contributed by atoms with Crippen molar-refractivity contribution in [2.75, 3.05) is 0 Å². The lowest BCUT2D eigenvalue weighted by atomic mass is 9.87. The molecule has 0 aliphatic carbocycles. The van der Waals surface area contributed by atoms with Gasteiger partial charge in [-0.15, -0.1) is 11.3 Å². The second kappa shape index (κ2) is 15.6. The fourth-order valence-electron chi connectivity index (χ4n) is 4.29. The van der Waals surface area contributed by atoms with Crippen LogP contribution in [0.5, 0.6) is 0 Å². The smallest absolute Gasteiger partial charge is 0.198 e. The monoisotopic (exact) mass is 727 g/mol. The summed E-state index contributed by atoms with van der Waals surface area (Å²) in [6.07, 6.45) is 1.53. The Labute approximate surface area is 290 Å². The highest BCUT2D eigenvalue weighted by Crippen LogP contribution is 2.35. The van der Waals surface area contributed by atoms with Gasteiger partial charge in [0.2, 0.25) is 0 Å². The molecule has 2 aromatic heterocycles. The molecule has 0 saturated heterocycles. The van der Waals surface area contributed by atoms with Crippen molar-refractivity contribution >= 4 is 40.8 Å². The molecule has 0 aliphatic heterocycles. The molecule has 3 aromatic rings. The number of hydrogen-bond donors (Lipinski definition) is 0. The largest absolute Gasteiger partial charge is 0.244 e. The van der Waals surface area contributed by atoms with Crippen molar-refractivity contribution in [2.24, 2.45) is 0 Å². The van der Waals surface area contributed by atoms with E-state index in [0.717, 1.165) is 16.7 Å². The van der Waals surface area contributed by atoms with Gasteiger partial charge in [0.1, 0.15) is 4.21 Å². The predicted octanol–water partition coefficient (Wildman–Crippen LogP) is 8.96. The van der Waals surface area contributed by atoms with Crippen molar-refractivity contribution in [1.29, 1.82) is 0 Å². The molecule has 47 heavy (non-hydrogen) atoms. The Morgan fingerprint density at radius 2 is 0.957 bits per heavy atom. The lowest BCUT2D eigenvalue weighted by molar-refractivity contribution is 0.548. The van der Waals surface area contributed by atoms with Crippen LogP contribution in [0.1, 0.15) is 121 Å². The van der Waals surface area contributed by atoms with Crippen LogP contribution in [0.2, 0.25) is 0 Å². The molecule has 1 aromatic carbocycles. The molecule has 0 bridgehead atoms. The van der Waals surface area contributed by atoms with Crippen LogP contribution >= 0.6 is 11.3 Å². The lowest BCUT2D eigenvalue weighted by Crippen LogP contribution is -2.22. The van der Waals surface area contributed by atoms with E-state index >= 15 is 0 Å². The SMILES string of the molecule is CC(C)S(=O)(=O)c1ccccc1C(C)(C)C.CC(C)S(=O)(=O)c1ncccc1C(C)(C)C.CC(C)S(=O)(=O)c1sccc1C(C)(C)C. The van der Waals surface area contributed by atoms with Crippen LogP contribution < -0.4 is 0 Å². The molecule has 0 spiro atoms. The van der Waals surface area contributed by atoms with E-state index in [1.807, 2.05) is 92.0 Å². The van der Waals surface area contributed by atoms with Crippen LogP contribution in [0, 0.1) is 0 Å². The van der Waals surface area contributed by atoms with Gasteiger partial charge in [0.05, 0.1) is 20.6 Å². The molecule has 0 aliphatic rings. The maximum Gasteiger partial charge on any atom is 0.198 e. The topological polar surface area (TPSA) is 115 Å². The summed E-state index contributed by atoms with van der Waals surface area (Å²) in [4.78, 5) is 4.52. The number of thiophene rings is 1. The third-order valence-corrected chi connectivity index (χ3v) is 15.4. The molecular formula is C36H57NO6S4. The fourth-order valence-corrected chi connectivity index (χ4v) is 10.3. The van der Waals surface area contributed by atoms with Crippen molar-refractivity contribution in [2.45, 2.75) is 150 Å². The van der Waals surface area contributed by atoms with Crippen LogP contribution in [-0.2, 0) is 45.8 Å². The molecule has 2 heterocycles. The zero-order valence-electron chi connectivity index (χ0n) is 31.0. The second-order valence-corrected chi connectivity index (χ2v) is 24.0. The van der Waals surface area contributed by atoms with Gasteiger partial charge < -0.3 is 0 Å². The van der Waals surface area contributed by atoms with Gasteiger partial charge >= 0.3 is 0 Å². The number of nitrogens with zero attached hydrogens (tertiary/aromatic N) is 1. The Bertz CT molecular complexity index is 1710. The highest BCUT2D eigenvalue weighted by molar-refractivity contribution is 7.94.